The van der Waals surface area contributed by atoms with Gasteiger partial charge in [0.2, 0.25) is 0 Å². The maximum Gasteiger partial charge on any atom is 0.271 e. The number of hydrogen-bond acceptors (Lipinski definition) is 2. The van der Waals surface area contributed by atoms with E-state index in [0.717, 1.165) is 5.69 Å². The molecule has 1 amide bonds. The summed E-state index contributed by atoms with van der Waals surface area (Å²) in [6.45, 7) is 2.68. The third-order valence-corrected chi connectivity index (χ3v) is 3.78. The Bertz CT molecular complexity index is 766. The zero-order chi connectivity index (χ0) is 16.1. The van der Waals surface area contributed by atoms with Crippen molar-refractivity contribution in [2.75, 3.05) is 6.54 Å². The van der Waals surface area contributed by atoms with Crippen LogP contribution in [0.1, 0.15) is 28.9 Å². The van der Waals surface area contributed by atoms with Crippen LogP contribution < -0.4 is 5.32 Å². The van der Waals surface area contributed by atoms with Crippen LogP contribution in [0.15, 0.2) is 72.9 Å². The molecular weight excluding hydrogens is 286 g/mol. The van der Waals surface area contributed by atoms with Gasteiger partial charge in [-0.1, -0.05) is 55.5 Å². The highest BCUT2D eigenvalue weighted by molar-refractivity contribution is 5.92. The Labute approximate surface area is 135 Å². The molecule has 0 aliphatic rings. The van der Waals surface area contributed by atoms with Crippen LogP contribution in [0.5, 0.6) is 0 Å². The predicted octanol–water partition coefficient (Wildman–Crippen LogP) is 3.41. The van der Waals surface area contributed by atoms with Gasteiger partial charge in [0.15, 0.2) is 5.69 Å². The highest BCUT2D eigenvalue weighted by Crippen LogP contribution is 2.13. The van der Waals surface area contributed by atoms with Gasteiger partial charge in [0.05, 0.1) is 5.69 Å². The molecule has 2 aromatic carbocycles. The zero-order valence-corrected chi connectivity index (χ0v) is 13.0. The summed E-state index contributed by atoms with van der Waals surface area (Å²) in [7, 11) is 0. The smallest absolute Gasteiger partial charge is 0.271 e. The summed E-state index contributed by atoms with van der Waals surface area (Å²) in [6.07, 6.45) is 1.80. The van der Waals surface area contributed by atoms with Gasteiger partial charge in [0.25, 0.3) is 5.91 Å². The molecule has 1 heterocycles. The van der Waals surface area contributed by atoms with Gasteiger partial charge in [-0.3, -0.25) is 4.79 Å². The number of carbonyl (C=O) groups is 1. The second-order valence-corrected chi connectivity index (χ2v) is 5.50. The molecule has 0 saturated carbocycles. The van der Waals surface area contributed by atoms with Crippen LogP contribution in [0.25, 0.3) is 5.69 Å². The van der Waals surface area contributed by atoms with Gasteiger partial charge >= 0.3 is 0 Å². The summed E-state index contributed by atoms with van der Waals surface area (Å²) >= 11 is 0. The van der Waals surface area contributed by atoms with Crippen LogP contribution in [0, 0.1) is 0 Å². The molecule has 4 heteroatoms. The summed E-state index contributed by atoms with van der Waals surface area (Å²) in [5.74, 6) is 0.110. The minimum atomic E-state index is -0.150. The number of rotatable bonds is 5. The quantitative estimate of drug-likeness (QED) is 0.785. The molecule has 1 unspecified atom stereocenters. The van der Waals surface area contributed by atoms with E-state index in [9.17, 15) is 4.79 Å². The van der Waals surface area contributed by atoms with Gasteiger partial charge < -0.3 is 5.32 Å². The van der Waals surface area contributed by atoms with E-state index >= 15 is 0 Å². The summed E-state index contributed by atoms with van der Waals surface area (Å²) in [5.41, 5.74) is 2.57. The SMILES string of the molecule is CC(CNC(=O)c1ccn(-c2ccccc2)n1)c1ccccc1. The Balaban J connectivity index is 1.62. The molecule has 1 N–H and O–H groups in total. The van der Waals surface area contributed by atoms with Crippen molar-refractivity contribution in [1.29, 1.82) is 0 Å². The second-order valence-electron chi connectivity index (χ2n) is 5.50. The molecule has 0 aliphatic heterocycles. The first kappa shape index (κ1) is 15.0. The first-order chi connectivity index (χ1) is 11.2. The number of benzene rings is 2. The van der Waals surface area contributed by atoms with Gasteiger partial charge in [0, 0.05) is 12.7 Å². The molecule has 3 aromatic rings. The maximum atomic E-state index is 12.2. The Morgan fingerprint density at radius 2 is 1.70 bits per heavy atom. The van der Waals surface area contributed by atoms with Gasteiger partial charge in [-0.05, 0) is 29.7 Å². The van der Waals surface area contributed by atoms with Gasteiger partial charge in [-0.2, -0.15) is 5.10 Å². The van der Waals surface area contributed by atoms with Crippen LogP contribution in [-0.4, -0.2) is 22.2 Å². The Morgan fingerprint density at radius 1 is 1.04 bits per heavy atom. The number of carbonyl (C=O) groups excluding carboxylic acids is 1. The molecule has 0 fully saturated rings. The number of hydrogen-bond donors (Lipinski definition) is 1. The number of aromatic nitrogens is 2. The molecule has 0 spiro atoms. The van der Waals surface area contributed by atoms with Crippen molar-refractivity contribution < 1.29 is 4.79 Å². The predicted molar refractivity (Wildman–Crippen MR) is 90.8 cm³/mol. The van der Waals surface area contributed by atoms with Crippen molar-refractivity contribution in [2.45, 2.75) is 12.8 Å². The minimum Gasteiger partial charge on any atom is -0.350 e. The lowest BCUT2D eigenvalue weighted by molar-refractivity contribution is 0.0946. The number of nitrogens with zero attached hydrogens (tertiary/aromatic N) is 2. The zero-order valence-electron chi connectivity index (χ0n) is 13.0. The Hall–Kier alpha value is -2.88. The standard InChI is InChI=1S/C19H19N3O/c1-15(16-8-4-2-5-9-16)14-20-19(23)18-12-13-22(21-18)17-10-6-3-7-11-17/h2-13,15H,14H2,1H3,(H,20,23). The lowest BCUT2D eigenvalue weighted by Gasteiger charge is -2.12. The number of para-hydroxylation sites is 1. The topological polar surface area (TPSA) is 46.9 Å². The van der Waals surface area contributed by atoms with Crippen molar-refractivity contribution in [3.05, 3.63) is 84.2 Å². The van der Waals surface area contributed by atoms with Crippen LogP contribution in [0.2, 0.25) is 0 Å². The highest BCUT2D eigenvalue weighted by Gasteiger charge is 2.12. The fourth-order valence-electron chi connectivity index (χ4n) is 2.41. The fraction of sp³-hybridized carbons (Fsp3) is 0.158. The molecule has 1 atom stereocenters. The van der Waals surface area contributed by atoms with Crippen LogP contribution in [0.4, 0.5) is 0 Å². The summed E-state index contributed by atoms with van der Waals surface area (Å²) in [6, 6.07) is 21.6. The average molecular weight is 305 g/mol. The van der Waals surface area contributed by atoms with Crippen molar-refractivity contribution in [3.63, 3.8) is 0 Å². The third kappa shape index (κ3) is 3.66. The average Bonchev–Trinajstić information content (AvgIpc) is 3.11. The van der Waals surface area contributed by atoms with E-state index in [4.69, 9.17) is 0 Å². The normalized spacial score (nSPS) is 11.9. The van der Waals surface area contributed by atoms with E-state index in [-0.39, 0.29) is 11.8 Å². The van der Waals surface area contributed by atoms with E-state index in [1.54, 1.807) is 16.9 Å². The van der Waals surface area contributed by atoms with Gasteiger partial charge in [0.1, 0.15) is 0 Å². The third-order valence-electron chi connectivity index (χ3n) is 3.78. The van der Waals surface area contributed by atoms with E-state index in [1.165, 1.54) is 5.56 Å². The van der Waals surface area contributed by atoms with Gasteiger partial charge in [-0.25, -0.2) is 4.68 Å². The second kappa shape index (κ2) is 6.92. The molecule has 4 nitrogen and oxygen atoms in total. The summed E-state index contributed by atoms with van der Waals surface area (Å²) < 4.78 is 1.70. The first-order valence-electron chi connectivity index (χ1n) is 7.68. The molecule has 1 aromatic heterocycles. The van der Waals surface area contributed by atoms with Crippen LogP contribution in [-0.2, 0) is 0 Å². The van der Waals surface area contributed by atoms with Crippen molar-refractivity contribution in [2.24, 2.45) is 0 Å². The molecule has 116 valence electrons. The molecule has 0 bridgehead atoms. The lowest BCUT2D eigenvalue weighted by atomic mass is 10.0. The molecular formula is C19H19N3O. The lowest BCUT2D eigenvalue weighted by Crippen LogP contribution is -2.28. The van der Waals surface area contributed by atoms with E-state index < -0.39 is 0 Å². The molecule has 0 aliphatic carbocycles. The largest absolute Gasteiger partial charge is 0.350 e. The number of amides is 1. The maximum absolute atomic E-state index is 12.2. The van der Waals surface area contributed by atoms with Crippen LogP contribution >= 0.6 is 0 Å². The van der Waals surface area contributed by atoms with Crippen LogP contribution in [0.3, 0.4) is 0 Å². The number of nitrogens with one attached hydrogen (secondary N) is 1. The minimum absolute atomic E-state index is 0.150. The van der Waals surface area contributed by atoms with E-state index in [2.05, 4.69) is 29.5 Å². The molecule has 0 radical (unpaired) electrons. The monoisotopic (exact) mass is 305 g/mol. The van der Waals surface area contributed by atoms with E-state index in [0.29, 0.717) is 12.2 Å². The Morgan fingerprint density at radius 3 is 2.39 bits per heavy atom. The molecule has 3 rings (SSSR count). The summed E-state index contributed by atoms with van der Waals surface area (Å²) in [5, 5.41) is 7.28. The Kier molecular flexibility index (Phi) is 4.52. The van der Waals surface area contributed by atoms with Crippen molar-refractivity contribution >= 4 is 5.91 Å². The summed E-state index contributed by atoms with van der Waals surface area (Å²) in [4.78, 5) is 12.2. The highest BCUT2D eigenvalue weighted by atomic mass is 16.1. The molecule has 23 heavy (non-hydrogen) atoms. The van der Waals surface area contributed by atoms with Crippen molar-refractivity contribution in [1.82, 2.24) is 15.1 Å². The molecule has 0 saturated heterocycles. The first-order valence-corrected chi connectivity index (χ1v) is 7.68. The fourth-order valence-corrected chi connectivity index (χ4v) is 2.41. The van der Waals surface area contributed by atoms with Gasteiger partial charge in [-0.15, -0.1) is 0 Å². The van der Waals surface area contributed by atoms with E-state index in [1.807, 2.05) is 48.5 Å². The van der Waals surface area contributed by atoms with Crippen molar-refractivity contribution in [3.8, 4) is 5.69 Å².